The molecule has 0 amide bonds. The zero-order valence-corrected chi connectivity index (χ0v) is 12.3. The van der Waals surface area contributed by atoms with E-state index >= 15 is 0 Å². The van der Waals surface area contributed by atoms with Crippen molar-refractivity contribution in [2.45, 2.75) is 12.8 Å². The maximum atomic E-state index is 12.6. The van der Waals surface area contributed by atoms with Gasteiger partial charge in [-0.2, -0.15) is 10.2 Å². The number of aryl methyl sites for hydroxylation is 1. The Kier molecular flexibility index (Phi) is 3.93. The van der Waals surface area contributed by atoms with E-state index in [1.54, 1.807) is 55.6 Å². The molecule has 23 heavy (non-hydrogen) atoms. The van der Waals surface area contributed by atoms with E-state index in [1.165, 1.54) is 0 Å². The van der Waals surface area contributed by atoms with Crippen LogP contribution in [-0.2, 0) is 0 Å². The Bertz CT molecular complexity index is 881. The Balaban J connectivity index is 1.95. The zero-order valence-electron chi connectivity index (χ0n) is 12.3. The molecule has 0 unspecified atom stereocenters. The minimum atomic E-state index is -0.946. The molecule has 0 bridgehead atoms. The second-order valence-corrected chi connectivity index (χ2v) is 4.90. The summed E-state index contributed by atoms with van der Waals surface area (Å²) in [6, 6.07) is 14.0. The summed E-state index contributed by atoms with van der Waals surface area (Å²) in [5.41, 5.74) is 1.49. The first kappa shape index (κ1) is 14.6. The number of carbonyl (C=O) groups excluding carboxylic acids is 1. The molecule has 0 radical (unpaired) electrons. The fraction of sp³-hybridized carbons (Fsp3) is 0.118. The van der Waals surface area contributed by atoms with Crippen LogP contribution < -0.4 is 0 Å². The highest BCUT2D eigenvalue weighted by Crippen LogP contribution is 2.22. The van der Waals surface area contributed by atoms with Gasteiger partial charge >= 0.3 is 0 Å². The Morgan fingerprint density at radius 3 is 2.78 bits per heavy atom. The first-order valence-electron chi connectivity index (χ1n) is 6.94. The lowest BCUT2D eigenvalue weighted by Gasteiger charge is -2.08. The van der Waals surface area contributed by atoms with Gasteiger partial charge in [-0.1, -0.05) is 29.4 Å². The molecule has 0 spiro atoms. The number of rotatable bonds is 4. The van der Waals surface area contributed by atoms with Crippen molar-refractivity contribution in [3.63, 3.8) is 0 Å². The van der Waals surface area contributed by atoms with Crippen LogP contribution in [0.25, 0.3) is 11.4 Å². The molecule has 3 aromatic rings. The molecule has 112 valence electrons. The molecule has 0 fully saturated rings. The molecule has 0 N–H and O–H groups in total. The number of nitriles is 1. The van der Waals surface area contributed by atoms with Crippen LogP contribution in [0, 0.1) is 18.3 Å². The molecular formula is C17H12N4O2. The fourth-order valence-electron chi connectivity index (χ4n) is 2.20. The van der Waals surface area contributed by atoms with Crippen LogP contribution in [0.2, 0.25) is 0 Å². The van der Waals surface area contributed by atoms with Crippen LogP contribution >= 0.6 is 0 Å². The van der Waals surface area contributed by atoms with Crippen LogP contribution in [0.4, 0.5) is 0 Å². The fourth-order valence-corrected chi connectivity index (χ4v) is 2.20. The molecule has 1 atom stereocenters. The van der Waals surface area contributed by atoms with Crippen molar-refractivity contribution < 1.29 is 9.32 Å². The third-order valence-corrected chi connectivity index (χ3v) is 3.31. The Hall–Kier alpha value is -3.33. The zero-order chi connectivity index (χ0) is 16.2. The SMILES string of the molecule is Cc1nc(-c2cccc(C(=O)[C@@H](C#N)c3ccccn3)c2)no1. The average Bonchev–Trinajstić information content (AvgIpc) is 3.03. The van der Waals surface area contributed by atoms with Crippen molar-refractivity contribution in [2.75, 3.05) is 0 Å². The van der Waals surface area contributed by atoms with Gasteiger partial charge in [-0.05, 0) is 18.2 Å². The summed E-state index contributed by atoms with van der Waals surface area (Å²) in [5.74, 6) is -0.407. The van der Waals surface area contributed by atoms with Gasteiger partial charge in [-0.15, -0.1) is 0 Å². The van der Waals surface area contributed by atoms with Crippen molar-refractivity contribution in [1.29, 1.82) is 5.26 Å². The van der Waals surface area contributed by atoms with Crippen LogP contribution in [0.1, 0.15) is 27.9 Å². The Morgan fingerprint density at radius 2 is 2.13 bits per heavy atom. The summed E-state index contributed by atoms with van der Waals surface area (Å²) >= 11 is 0. The molecule has 0 aliphatic heterocycles. The Labute approximate surface area is 132 Å². The van der Waals surface area contributed by atoms with Crippen LogP contribution in [0.3, 0.4) is 0 Å². The van der Waals surface area contributed by atoms with Crippen LogP contribution in [0.15, 0.2) is 53.2 Å². The molecular weight excluding hydrogens is 292 g/mol. The second kappa shape index (κ2) is 6.20. The topological polar surface area (TPSA) is 92.7 Å². The number of pyridine rings is 1. The van der Waals surface area contributed by atoms with Crippen LogP contribution in [0.5, 0.6) is 0 Å². The van der Waals surface area contributed by atoms with Gasteiger partial charge in [-0.3, -0.25) is 9.78 Å². The summed E-state index contributed by atoms with van der Waals surface area (Å²) in [4.78, 5) is 20.9. The van der Waals surface area contributed by atoms with Gasteiger partial charge in [0.15, 0.2) is 11.7 Å². The van der Waals surface area contributed by atoms with Gasteiger partial charge in [0.1, 0.15) is 0 Å². The average molecular weight is 304 g/mol. The van der Waals surface area contributed by atoms with Gasteiger partial charge in [0.05, 0.1) is 11.8 Å². The molecule has 1 aromatic carbocycles. The van der Waals surface area contributed by atoms with E-state index in [0.717, 1.165) is 0 Å². The number of benzene rings is 1. The largest absolute Gasteiger partial charge is 0.339 e. The number of Topliss-reactive ketones (excluding diaryl/α,β-unsaturated/α-hetero) is 1. The minimum absolute atomic E-state index is 0.312. The molecule has 0 aliphatic carbocycles. The first-order valence-corrected chi connectivity index (χ1v) is 6.94. The van der Waals surface area contributed by atoms with Crippen molar-refractivity contribution in [3.8, 4) is 17.5 Å². The third kappa shape index (κ3) is 2.99. The number of ketones is 1. The lowest BCUT2D eigenvalue weighted by molar-refractivity contribution is 0.0977. The molecule has 2 heterocycles. The molecule has 0 aliphatic rings. The highest BCUT2D eigenvalue weighted by molar-refractivity contribution is 6.03. The lowest BCUT2D eigenvalue weighted by atomic mass is 9.94. The monoisotopic (exact) mass is 304 g/mol. The van der Waals surface area contributed by atoms with E-state index in [0.29, 0.717) is 28.5 Å². The first-order chi connectivity index (χ1) is 11.2. The predicted molar refractivity (Wildman–Crippen MR) is 81.4 cm³/mol. The van der Waals surface area contributed by atoms with E-state index in [2.05, 4.69) is 15.1 Å². The Morgan fingerprint density at radius 1 is 1.26 bits per heavy atom. The quantitative estimate of drug-likeness (QED) is 0.688. The number of nitrogens with zero attached hydrogens (tertiary/aromatic N) is 4. The maximum Gasteiger partial charge on any atom is 0.223 e. The summed E-state index contributed by atoms with van der Waals surface area (Å²) in [6.45, 7) is 1.69. The summed E-state index contributed by atoms with van der Waals surface area (Å²) < 4.78 is 4.95. The number of hydrogen-bond acceptors (Lipinski definition) is 6. The predicted octanol–water partition coefficient (Wildman–Crippen LogP) is 2.93. The van der Waals surface area contributed by atoms with Gasteiger partial charge in [0.2, 0.25) is 11.7 Å². The number of hydrogen-bond donors (Lipinski definition) is 0. The number of carbonyl (C=O) groups is 1. The highest BCUT2D eigenvalue weighted by Gasteiger charge is 2.23. The van der Waals surface area contributed by atoms with Crippen molar-refractivity contribution in [1.82, 2.24) is 15.1 Å². The molecule has 0 saturated carbocycles. The van der Waals surface area contributed by atoms with Crippen LogP contribution in [-0.4, -0.2) is 20.9 Å². The molecule has 6 heteroatoms. The third-order valence-electron chi connectivity index (χ3n) is 3.31. The van der Waals surface area contributed by atoms with Crippen molar-refractivity contribution in [3.05, 3.63) is 65.8 Å². The van der Waals surface area contributed by atoms with Gasteiger partial charge in [0.25, 0.3) is 0 Å². The highest BCUT2D eigenvalue weighted by atomic mass is 16.5. The molecule has 0 saturated heterocycles. The minimum Gasteiger partial charge on any atom is -0.339 e. The van der Waals surface area contributed by atoms with Gasteiger partial charge in [-0.25, -0.2) is 0 Å². The van der Waals surface area contributed by atoms with E-state index in [4.69, 9.17) is 4.52 Å². The molecule has 3 rings (SSSR count). The van der Waals surface area contributed by atoms with E-state index in [9.17, 15) is 10.1 Å². The maximum absolute atomic E-state index is 12.6. The standard InChI is InChI=1S/C17H12N4O2/c1-11-20-17(21-23-11)13-6-4-5-12(9-13)16(22)14(10-18)15-7-2-3-8-19-15/h2-9,14H,1H3/t14-/m0/s1. The van der Waals surface area contributed by atoms with E-state index in [-0.39, 0.29) is 5.78 Å². The lowest BCUT2D eigenvalue weighted by Crippen LogP contribution is -2.12. The van der Waals surface area contributed by atoms with E-state index in [1.807, 2.05) is 6.07 Å². The van der Waals surface area contributed by atoms with E-state index < -0.39 is 5.92 Å². The number of aromatic nitrogens is 3. The molecule has 2 aromatic heterocycles. The second-order valence-electron chi connectivity index (χ2n) is 4.90. The molecule has 6 nitrogen and oxygen atoms in total. The normalized spacial score (nSPS) is 11.7. The summed E-state index contributed by atoms with van der Waals surface area (Å²) in [7, 11) is 0. The van der Waals surface area contributed by atoms with Gasteiger partial charge in [0, 0.05) is 24.2 Å². The summed E-state index contributed by atoms with van der Waals surface area (Å²) in [6.07, 6.45) is 1.56. The van der Waals surface area contributed by atoms with Crippen molar-refractivity contribution in [2.24, 2.45) is 0 Å². The van der Waals surface area contributed by atoms with Gasteiger partial charge < -0.3 is 4.52 Å². The van der Waals surface area contributed by atoms with Crippen molar-refractivity contribution >= 4 is 5.78 Å². The smallest absolute Gasteiger partial charge is 0.223 e. The summed E-state index contributed by atoms with van der Waals surface area (Å²) in [5, 5.41) is 13.2.